The van der Waals surface area contributed by atoms with Gasteiger partial charge in [0.05, 0.1) is 38.6 Å². The normalized spacial score (nSPS) is 17.9. The number of methoxy groups -OCH3 is 2. The van der Waals surface area contributed by atoms with Crippen LogP contribution in [0.2, 0.25) is 0 Å². The first-order valence-electron chi connectivity index (χ1n) is 11.2. The molecule has 0 unspecified atom stereocenters. The number of rotatable bonds is 11. The molecule has 2 aliphatic rings. The molecule has 0 saturated heterocycles. The number of dihydropyridines is 1. The number of allylic oxidation sites excluding steroid dienone is 3. The largest absolute Gasteiger partial charge is 0.490 e. The van der Waals surface area contributed by atoms with E-state index in [1.165, 1.54) is 20.3 Å². The highest BCUT2D eigenvalue weighted by molar-refractivity contribution is 5.99. The second-order valence-electron chi connectivity index (χ2n) is 7.32. The molecule has 9 heteroatoms. The minimum absolute atomic E-state index is 0.0570. The van der Waals surface area contributed by atoms with E-state index in [2.05, 4.69) is 5.32 Å². The van der Waals surface area contributed by atoms with Gasteiger partial charge in [-0.05, 0) is 32.8 Å². The highest BCUT2D eigenvalue weighted by atomic mass is 16.6. The summed E-state index contributed by atoms with van der Waals surface area (Å²) in [5, 5.41) is 3.30. The molecular formula is C24H33NO8. The van der Waals surface area contributed by atoms with E-state index >= 15 is 0 Å². The quantitative estimate of drug-likeness (QED) is 0.364. The van der Waals surface area contributed by atoms with Crippen LogP contribution in [0.1, 0.15) is 53.4 Å². The third-order valence-corrected chi connectivity index (χ3v) is 5.11. The number of cyclic esters (lactones) is 1. The summed E-state index contributed by atoms with van der Waals surface area (Å²) in [5.41, 5.74) is 1.86. The summed E-state index contributed by atoms with van der Waals surface area (Å²) < 4.78 is 26.5. The Bertz CT molecular complexity index is 865. The number of esters is 3. The van der Waals surface area contributed by atoms with Crippen molar-refractivity contribution < 1.29 is 38.1 Å². The number of ether oxygens (including phenoxy) is 5. The molecule has 0 aromatic carbocycles. The molecular weight excluding hydrogens is 430 g/mol. The predicted octanol–water partition coefficient (Wildman–Crippen LogP) is 3.39. The number of hydrogen-bond donors (Lipinski definition) is 1. The summed E-state index contributed by atoms with van der Waals surface area (Å²) in [6, 6.07) is 0. The van der Waals surface area contributed by atoms with E-state index in [9.17, 15) is 14.4 Å². The molecule has 0 atom stereocenters. The average molecular weight is 464 g/mol. The van der Waals surface area contributed by atoms with Gasteiger partial charge in [-0.2, -0.15) is 0 Å². The Kier molecular flexibility index (Phi) is 9.57. The molecule has 182 valence electrons. The molecule has 0 aromatic heterocycles. The molecule has 33 heavy (non-hydrogen) atoms. The van der Waals surface area contributed by atoms with Gasteiger partial charge >= 0.3 is 17.9 Å². The van der Waals surface area contributed by atoms with Crippen molar-refractivity contribution in [2.75, 3.05) is 27.4 Å². The van der Waals surface area contributed by atoms with Crippen LogP contribution in [0.15, 0.2) is 45.9 Å². The smallest absolute Gasteiger partial charge is 0.383 e. The lowest BCUT2D eigenvalue weighted by atomic mass is 9.82. The molecule has 0 aliphatic carbocycles. The van der Waals surface area contributed by atoms with Gasteiger partial charge in [0.15, 0.2) is 5.76 Å². The highest BCUT2D eigenvalue weighted by Crippen LogP contribution is 2.38. The van der Waals surface area contributed by atoms with Crippen molar-refractivity contribution in [1.82, 2.24) is 5.32 Å². The van der Waals surface area contributed by atoms with Crippen LogP contribution < -0.4 is 5.32 Å². The molecule has 2 rings (SSSR count). The van der Waals surface area contributed by atoms with Crippen molar-refractivity contribution in [3.05, 3.63) is 45.9 Å². The summed E-state index contributed by atoms with van der Waals surface area (Å²) >= 11 is 0. The fourth-order valence-electron chi connectivity index (χ4n) is 3.84. The maximum Gasteiger partial charge on any atom is 0.383 e. The van der Waals surface area contributed by atoms with Crippen LogP contribution in [0.5, 0.6) is 0 Å². The zero-order valence-electron chi connectivity index (χ0n) is 20.2. The molecule has 0 saturated carbocycles. The minimum atomic E-state index is -0.878. The summed E-state index contributed by atoms with van der Waals surface area (Å²) in [4.78, 5) is 38.4. The molecule has 0 spiro atoms. The van der Waals surface area contributed by atoms with Crippen LogP contribution >= 0.6 is 0 Å². The first-order chi connectivity index (χ1) is 15.9. The van der Waals surface area contributed by atoms with Crippen LogP contribution in [0.3, 0.4) is 0 Å². The van der Waals surface area contributed by atoms with Gasteiger partial charge in [0.25, 0.3) is 5.76 Å². The third kappa shape index (κ3) is 5.58. The highest BCUT2D eigenvalue weighted by Gasteiger charge is 2.40. The Morgan fingerprint density at radius 1 is 0.879 bits per heavy atom. The fourth-order valence-corrected chi connectivity index (χ4v) is 3.84. The Morgan fingerprint density at radius 3 is 1.76 bits per heavy atom. The van der Waals surface area contributed by atoms with Crippen LogP contribution in [-0.4, -0.2) is 45.3 Å². The van der Waals surface area contributed by atoms with E-state index < -0.39 is 23.8 Å². The summed E-state index contributed by atoms with van der Waals surface area (Å²) in [6.45, 7) is 7.73. The summed E-state index contributed by atoms with van der Waals surface area (Å²) in [6.07, 6.45) is 4.16. The van der Waals surface area contributed by atoms with Crippen molar-refractivity contribution >= 4 is 17.9 Å². The van der Waals surface area contributed by atoms with Crippen LogP contribution in [-0.2, 0) is 38.1 Å². The molecule has 0 aromatic rings. The van der Waals surface area contributed by atoms with Crippen molar-refractivity contribution in [3.8, 4) is 0 Å². The number of carbonyl (C=O) groups excluding carboxylic acids is 3. The zero-order chi connectivity index (χ0) is 24.5. The van der Waals surface area contributed by atoms with Crippen LogP contribution in [0.25, 0.3) is 0 Å². The maximum atomic E-state index is 13.1. The van der Waals surface area contributed by atoms with Gasteiger partial charge < -0.3 is 29.0 Å². The zero-order valence-corrected chi connectivity index (χ0v) is 20.2. The van der Waals surface area contributed by atoms with Crippen LogP contribution in [0.4, 0.5) is 0 Å². The summed E-state index contributed by atoms with van der Waals surface area (Å²) in [5.74, 6) is -2.68. The first kappa shape index (κ1) is 26.0. The number of nitrogens with one attached hydrogen (secondary N) is 1. The van der Waals surface area contributed by atoms with Crippen molar-refractivity contribution in [2.24, 2.45) is 5.92 Å². The maximum absolute atomic E-state index is 13.1. The standard InChI is InChI=1S/C24H33NO8/c1-7-11-15-18(22(26)31-9-3)14(13-17-20(29-5)21(30-6)24(28)33-17)19(23(27)32-10-4)16(25-15)12-8-2/h13-14,25H,7-12H2,1-6H3/b17-13-. The predicted molar refractivity (Wildman–Crippen MR) is 119 cm³/mol. The van der Waals surface area contributed by atoms with Gasteiger partial charge in [0.2, 0.25) is 5.76 Å². The van der Waals surface area contributed by atoms with E-state index in [-0.39, 0.29) is 41.6 Å². The Morgan fingerprint density at radius 2 is 1.36 bits per heavy atom. The van der Waals surface area contributed by atoms with E-state index in [0.717, 1.165) is 12.8 Å². The lowest BCUT2D eigenvalue weighted by Gasteiger charge is -2.31. The monoisotopic (exact) mass is 463 g/mol. The molecule has 0 bridgehead atoms. The van der Waals surface area contributed by atoms with Gasteiger partial charge in [0.1, 0.15) is 0 Å². The van der Waals surface area contributed by atoms with Gasteiger partial charge in [-0.25, -0.2) is 14.4 Å². The average Bonchev–Trinajstić information content (AvgIpc) is 3.08. The van der Waals surface area contributed by atoms with Gasteiger partial charge in [-0.15, -0.1) is 0 Å². The van der Waals surface area contributed by atoms with Gasteiger partial charge in [0, 0.05) is 17.3 Å². The Balaban J connectivity index is 2.79. The molecule has 9 nitrogen and oxygen atoms in total. The molecule has 0 fully saturated rings. The lowest BCUT2D eigenvalue weighted by Crippen LogP contribution is -2.34. The molecule has 2 heterocycles. The molecule has 1 N–H and O–H groups in total. The van der Waals surface area contributed by atoms with E-state index in [4.69, 9.17) is 23.7 Å². The topological polar surface area (TPSA) is 109 Å². The van der Waals surface area contributed by atoms with Gasteiger partial charge in [-0.1, -0.05) is 26.7 Å². The minimum Gasteiger partial charge on any atom is -0.490 e. The van der Waals surface area contributed by atoms with E-state index in [1.807, 2.05) is 13.8 Å². The second-order valence-corrected chi connectivity index (χ2v) is 7.32. The van der Waals surface area contributed by atoms with Crippen LogP contribution in [0, 0.1) is 5.92 Å². The SMILES string of the molecule is CCCC1=C(C(=O)OCC)C(/C=C2\OC(=O)C(OC)=C2OC)C(C(=O)OCC)=C(CCC)N1. The third-order valence-electron chi connectivity index (χ3n) is 5.11. The Hall–Kier alpha value is -3.23. The molecule has 2 aliphatic heterocycles. The molecule has 0 radical (unpaired) electrons. The van der Waals surface area contributed by atoms with Gasteiger partial charge in [-0.3, -0.25) is 0 Å². The second kappa shape index (κ2) is 12.1. The molecule has 0 amide bonds. The number of carbonyl (C=O) groups is 3. The van der Waals surface area contributed by atoms with Crippen molar-refractivity contribution in [3.63, 3.8) is 0 Å². The van der Waals surface area contributed by atoms with Crippen molar-refractivity contribution in [1.29, 1.82) is 0 Å². The number of hydrogen-bond acceptors (Lipinski definition) is 9. The first-order valence-corrected chi connectivity index (χ1v) is 11.2. The van der Waals surface area contributed by atoms with E-state index in [0.29, 0.717) is 24.2 Å². The fraction of sp³-hybridized carbons (Fsp3) is 0.542. The summed E-state index contributed by atoms with van der Waals surface area (Å²) in [7, 11) is 2.71. The lowest BCUT2D eigenvalue weighted by molar-refractivity contribution is -0.140. The van der Waals surface area contributed by atoms with E-state index in [1.54, 1.807) is 13.8 Å². The van der Waals surface area contributed by atoms with Crippen molar-refractivity contribution in [2.45, 2.75) is 53.4 Å². The Labute approximate surface area is 194 Å².